The molecule has 1 unspecified atom stereocenters. The predicted octanol–water partition coefficient (Wildman–Crippen LogP) is -1.61. The molecule has 0 aromatic heterocycles. The number of carbonyl (C=O) groups is 1. The predicted molar refractivity (Wildman–Crippen MR) is 27.4 cm³/mol. The van der Waals surface area contributed by atoms with Crippen LogP contribution >= 0.6 is 0 Å². The number of Topliss-reactive ketones (excluding diaryl/α,β-unsaturated/α-hetero) is 1. The fraction of sp³-hybridized carbons (Fsp3) is 0.800. The van der Waals surface area contributed by atoms with Gasteiger partial charge in [0.1, 0.15) is 6.10 Å². The van der Waals surface area contributed by atoms with Crippen molar-refractivity contribution in [2.24, 2.45) is 0 Å². The minimum Gasteiger partial charge on any atom is -0.387 e. The smallest absolute Gasteiger partial charge is 0.250 e. The van der Waals surface area contributed by atoms with Crippen LogP contribution in [0.1, 0.15) is 12.8 Å². The zero-order valence-corrected chi connectivity index (χ0v) is 4.74. The molecule has 9 heavy (non-hydrogen) atoms. The lowest BCUT2D eigenvalue weighted by Gasteiger charge is -2.16. The Morgan fingerprint density at radius 2 is 2.11 bits per heavy atom. The molecule has 1 fully saturated rings. The fourth-order valence-corrected chi connectivity index (χ4v) is 0.839. The van der Waals surface area contributed by atoms with Crippen molar-refractivity contribution in [3.63, 3.8) is 0 Å². The molecule has 4 nitrogen and oxygen atoms in total. The van der Waals surface area contributed by atoms with Gasteiger partial charge in [-0.05, 0) is 6.42 Å². The second-order valence-corrected chi connectivity index (χ2v) is 2.20. The molecule has 0 aliphatic heterocycles. The molecule has 1 aliphatic carbocycles. The summed E-state index contributed by atoms with van der Waals surface area (Å²) in [5.74, 6) is -3.17. The van der Waals surface area contributed by atoms with Gasteiger partial charge in [-0.15, -0.1) is 0 Å². The summed E-state index contributed by atoms with van der Waals surface area (Å²) in [6.07, 6.45) is -1.11. The Labute approximate surface area is 51.7 Å². The van der Waals surface area contributed by atoms with E-state index < -0.39 is 17.7 Å². The van der Waals surface area contributed by atoms with E-state index in [1.54, 1.807) is 0 Å². The van der Waals surface area contributed by atoms with Gasteiger partial charge in [0.15, 0.2) is 5.78 Å². The van der Waals surface area contributed by atoms with Crippen molar-refractivity contribution in [2.75, 3.05) is 0 Å². The van der Waals surface area contributed by atoms with E-state index >= 15 is 0 Å². The normalized spacial score (nSPS) is 33.2. The van der Waals surface area contributed by atoms with Crippen molar-refractivity contribution in [1.29, 1.82) is 0 Å². The van der Waals surface area contributed by atoms with Crippen LogP contribution in [0.4, 0.5) is 0 Å². The maximum absolute atomic E-state index is 10.4. The quantitative estimate of drug-likeness (QED) is 0.346. The Kier molecular flexibility index (Phi) is 1.31. The summed E-state index contributed by atoms with van der Waals surface area (Å²) in [5, 5.41) is 26.1. The maximum atomic E-state index is 10.4. The number of aliphatic hydroxyl groups is 3. The molecule has 1 atom stereocenters. The Balaban J connectivity index is 2.78. The summed E-state index contributed by atoms with van der Waals surface area (Å²) in [6.45, 7) is 0. The van der Waals surface area contributed by atoms with Gasteiger partial charge >= 0.3 is 0 Å². The number of rotatable bonds is 0. The second-order valence-electron chi connectivity index (χ2n) is 2.20. The first-order valence-corrected chi connectivity index (χ1v) is 2.71. The molecule has 0 amide bonds. The van der Waals surface area contributed by atoms with E-state index in [1.807, 2.05) is 0 Å². The van der Waals surface area contributed by atoms with E-state index in [-0.39, 0.29) is 12.8 Å². The van der Waals surface area contributed by atoms with Crippen molar-refractivity contribution in [2.45, 2.75) is 24.7 Å². The summed E-state index contributed by atoms with van der Waals surface area (Å²) in [5.41, 5.74) is 0. The van der Waals surface area contributed by atoms with Crippen molar-refractivity contribution in [3.8, 4) is 0 Å². The highest BCUT2D eigenvalue weighted by Gasteiger charge is 2.46. The Hall–Kier alpha value is -0.450. The molecule has 0 bridgehead atoms. The van der Waals surface area contributed by atoms with Gasteiger partial charge in [-0.2, -0.15) is 0 Å². The van der Waals surface area contributed by atoms with Gasteiger partial charge in [0.2, 0.25) is 0 Å². The van der Waals surface area contributed by atoms with Gasteiger partial charge in [-0.3, -0.25) is 4.79 Å². The number of aliphatic hydroxyl groups excluding tert-OH is 1. The van der Waals surface area contributed by atoms with Gasteiger partial charge in [0.25, 0.3) is 5.79 Å². The number of hydrogen-bond donors (Lipinski definition) is 3. The lowest BCUT2D eigenvalue weighted by Crippen LogP contribution is -2.43. The molecule has 1 saturated carbocycles. The summed E-state index contributed by atoms with van der Waals surface area (Å²) < 4.78 is 0. The number of ketones is 1. The van der Waals surface area contributed by atoms with E-state index in [4.69, 9.17) is 15.3 Å². The van der Waals surface area contributed by atoms with Crippen molar-refractivity contribution in [1.82, 2.24) is 0 Å². The van der Waals surface area contributed by atoms with Gasteiger partial charge in [-0.1, -0.05) is 0 Å². The standard InChI is InChI=1S/C5H8O4/c6-3-1-2-4(7)5(3,8)9/h3,6,8-9H,1-2H2. The third-order valence-electron chi connectivity index (χ3n) is 1.52. The molecule has 0 aromatic rings. The second kappa shape index (κ2) is 1.76. The van der Waals surface area contributed by atoms with Crippen LogP contribution in [0.2, 0.25) is 0 Å². The van der Waals surface area contributed by atoms with E-state index in [0.29, 0.717) is 0 Å². The van der Waals surface area contributed by atoms with Crippen LogP contribution in [0.3, 0.4) is 0 Å². The SMILES string of the molecule is O=C1CCC(O)C1(O)O. The third-order valence-corrected chi connectivity index (χ3v) is 1.52. The van der Waals surface area contributed by atoms with Crippen LogP contribution in [-0.4, -0.2) is 33.0 Å². The van der Waals surface area contributed by atoms with Crippen LogP contribution < -0.4 is 0 Å². The average molecular weight is 132 g/mol. The molecule has 3 N–H and O–H groups in total. The number of carbonyl (C=O) groups excluding carboxylic acids is 1. The van der Waals surface area contributed by atoms with Crippen LogP contribution in [0.25, 0.3) is 0 Å². The molecule has 0 aromatic carbocycles. The molecule has 4 heteroatoms. The highest BCUT2D eigenvalue weighted by Crippen LogP contribution is 2.23. The summed E-state index contributed by atoms with van der Waals surface area (Å²) >= 11 is 0. The topological polar surface area (TPSA) is 77.8 Å². The van der Waals surface area contributed by atoms with E-state index in [0.717, 1.165) is 0 Å². The molecule has 52 valence electrons. The monoisotopic (exact) mass is 132 g/mol. The van der Waals surface area contributed by atoms with Gasteiger partial charge in [0, 0.05) is 6.42 Å². The zero-order valence-electron chi connectivity index (χ0n) is 4.74. The summed E-state index contributed by atoms with van der Waals surface area (Å²) in [4.78, 5) is 10.4. The van der Waals surface area contributed by atoms with Crippen LogP contribution in [0.5, 0.6) is 0 Å². The number of hydrogen-bond acceptors (Lipinski definition) is 4. The molecular weight excluding hydrogens is 124 g/mol. The molecule has 1 rings (SSSR count). The highest BCUT2D eigenvalue weighted by atomic mass is 16.5. The highest BCUT2D eigenvalue weighted by molar-refractivity contribution is 5.88. The molecule has 0 spiro atoms. The Bertz CT molecular complexity index is 140. The molecule has 0 heterocycles. The minimum atomic E-state index is -2.47. The summed E-state index contributed by atoms with van der Waals surface area (Å²) in [6, 6.07) is 0. The minimum absolute atomic E-state index is 0.0498. The Morgan fingerprint density at radius 1 is 1.56 bits per heavy atom. The van der Waals surface area contributed by atoms with Crippen LogP contribution in [0, 0.1) is 0 Å². The van der Waals surface area contributed by atoms with Crippen LogP contribution in [-0.2, 0) is 4.79 Å². The van der Waals surface area contributed by atoms with E-state index in [1.165, 1.54) is 0 Å². The lowest BCUT2D eigenvalue weighted by molar-refractivity contribution is -0.205. The van der Waals surface area contributed by atoms with Crippen molar-refractivity contribution >= 4 is 5.78 Å². The first-order valence-electron chi connectivity index (χ1n) is 2.71. The zero-order chi connectivity index (χ0) is 7.07. The molecule has 0 saturated heterocycles. The van der Waals surface area contributed by atoms with Gasteiger partial charge in [-0.25, -0.2) is 0 Å². The van der Waals surface area contributed by atoms with Gasteiger partial charge < -0.3 is 15.3 Å². The lowest BCUT2D eigenvalue weighted by atomic mass is 10.2. The summed E-state index contributed by atoms with van der Waals surface area (Å²) in [7, 11) is 0. The first kappa shape index (κ1) is 6.67. The van der Waals surface area contributed by atoms with Crippen molar-refractivity contribution < 1.29 is 20.1 Å². The van der Waals surface area contributed by atoms with Crippen molar-refractivity contribution in [3.05, 3.63) is 0 Å². The molecule has 0 radical (unpaired) electrons. The first-order chi connectivity index (χ1) is 4.05. The van der Waals surface area contributed by atoms with Crippen LogP contribution in [0.15, 0.2) is 0 Å². The van der Waals surface area contributed by atoms with Gasteiger partial charge in [0.05, 0.1) is 0 Å². The fourth-order valence-electron chi connectivity index (χ4n) is 0.839. The molecule has 1 aliphatic rings. The maximum Gasteiger partial charge on any atom is 0.250 e. The third kappa shape index (κ3) is 0.849. The van der Waals surface area contributed by atoms with E-state index in [2.05, 4.69) is 0 Å². The average Bonchev–Trinajstić information content (AvgIpc) is 1.96. The van der Waals surface area contributed by atoms with E-state index in [9.17, 15) is 4.79 Å². The molecular formula is C5H8O4. The Morgan fingerprint density at radius 3 is 2.22 bits per heavy atom. The largest absolute Gasteiger partial charge is 0.387 e.